The number of hydrogen-bond donors (Lipinski definition) is 2. The first-order chi connectivity index (χ1) is 14.2. The molecule has 1 aliphatic carbocycles. The number of aromatic hydroxyl groups is 1. The molecular formula is C24H22N2O3. The van der Waals surface area contributed by atoms with Crippen LogP contribution in [0, 0.1) is 0 Å². The van der Waals surface area contributed by atoms with E-state index in [0.29, 0.717) is 18.8 Å². The van der Waals surface area contributed by atoms with Gasteiger partial charge in [-0.05, 0) is 61.2 Å². The summed E-state index contributed by atoms with van der Waals surface area (Å²) in [5.74, 6) is 0.722. The largest absolute Gasteiger partial charge is 0.504 e. The van der Waals surface area contributed by atoms with Gasteiger partial charge in [-0.25, -0.2) is 0 Å². The molecular weight excluding hydrogens is 364 g/mol. The molecule has 2 aromatic carbocycles. The number of carbonyl (C=O) groups excluding carboxylic acids is 1. The molecule has 1 atom stereocenters. The van der Waals surface area contributed by atoms with Gasteiger partial charge in [-0.2, -0.15) is 0 Å². The van der Waals surface area contributed by atoms with E-state index in [0.717, 1.165) is 51.7 Å². The quantitative estimate of drug-likeness (QED) is 0.662. The number of nitrogens with zero attached hydrogens (tertiary/aromatic N) is 1. The second-order valence-corrected chi connectivity index (χ2v) is 7.46. The van der Waals surface area contributed by atoms with Gasteiger partial charge in [-0.3, -0.25) is 9.78 Å². The van der Waals surface area contributed by atoms with Crippen molar-refractivity contribution in [2.45, 2.75) is 32.2 Å². The van der Waals surface area contributed by atoms with Crippen molar-refractivity contribution in [2.24, 2.45) is 0 Å². The predicted molar refractivity (Wildman–Crippen MR) is 113 cm³/mol. The van der Waals surface area contributed by atoms with Gasteiger partial charge in [0.25, 0.3) is 0 Å². The fourth-order valence-corrected chi connectivity index (χ4v) is 4.52. The summed E-state index contributed by atoms with van der Waals surface area (Å²) in [6.07, 6.45) is 4.09. The monoisotopic (exact) mass is 386 g/mol. The number of fused-ring (bicyclic) bond motifs is 4. The number of carbonyl (C=O) groups is 1. The Balaban J connectivity index is 1.72. The Labute approximate surface area is 169 Å². The molecule has 5 nitrogen and oxygen atoms in total. The minimum Gasteiger partial charge on any atom is -0.504 e. The van der Waals surface area contributed by atoms with Crippen LogP contribution in [0.4, 0.5) is 5.69 Å². The fraction of sp³-hybridized carbons (Fsp3) is 0.250. The van der Waals surface area contributed by atoms with Crippen LogP contribution in [0.15, 0.2) is 54.2 Å². The highest BCUT2D eigenvalue weighted by molar-refractivity contribution is 6.12. The average molecular weight is 386 g/mol. The number of benzene rings is 2. The summed E-state index contributed by atoms with van der Waals surface area (Å²) < 4.78 is 5.57. The van der Waals surface area contributed by atoms with Crippen LogP contribution in [0.1, 0.15) is 43.4 Å². The molecule has 2 aliphatic rings. The van der Waals surface area contributed by atoms with Crippen LogP contribution in [0.3, 0.4) is 0 Å². The first-order valence-corrected chi connectivity index (χ1v) is 10.0. The Morgan fingerprint density at radius 3 is 2.97 bits per heavy atom. The molecule has 1 unspecified atom stereocenters. The summed E-state index contributed by atoms with van der Waals surface area (Å²) in [4.78, 5) is 17.5. The normalized spacial score (nSPS) is 18.2. The molecule has 0 amide bonds. The molecule has 146 valence electrons. The minimum atomic E-state index is -0.265. The van der Waals surface area contributed by atoms with E-state index in [4.69, 9.17) is 4.74 Å². The number of Topliss-reactive ketones (excluding diaryl/α,β-unsaturated/α-hetero) is 1. The van der Waals surface area contributed by atoms with Crippen molar-refractivity contribution >= 4 is 27.9 Å². The van der Waals surface area contributed by atoms with Crippen LogP contribution in [-0.4, -0.2) is 22.5 Å². The summed E-state index contributed by atoms with van der Waals surface area (Å²) in [5, 5.41) is 14.7. The number of nitrogens with one attached hydrogen (secondary N) is 1. The van der Waals surface area contributed by atoms with E-state index in [2.05, 4.69) is 16.4 Å². The van der Waals surface area contributed by atoms with E-state index in [-0.39, 0.29) is 17.6 Å². The molecule has 3 aromatic rings. The average Bonchev–Trinajstić information content (AvgIpc) is 2.74. The number of phenols is 1. The van der Waals surface area contributed by atoms with Crippen molar-refractivity contribution < 1.29 is 14.6 Å². The van der Waals surface area contributed by atoms with Crippen LogP contribution in [0.5, 0.6) is 11.5 Å². The molecule has 0 radical (unpaired) electrons. The van der Waals surface area contributed by atoms with Gasteiger partial charge < -0.3 is 15.2 Å². The standard InChI is InChI=1S/C24H22N2O3/c1-2-29-21-13-14(8-11-19(21)27)24-23-16(5-3-7-20(23)28)22-15-6-4-12-25-17(15)9-10-18(22)26-24/h4,6,8-13,24,26-27H,2-3,5,7H2,1H3. The molecule has 5 rings (SSSR count). The molecule has 2 N–H and O–H groups in total. The minimum absolute atomic E-state index is 0.105. The number of hydrogen-bond acceptors (Lipinski definition) is 5. The fourth-order valence-electron chi connectivity index (χ4n) is 4.52. The lowest BCUT2D eigenvalue weighted by molar-refractivity contribution is -0.116. The highest BCUT2D eigenvalue weighted by Crippen LogP contribution is 2.48. The summed E-state index contributed by atoms with van der Waals surface area (Å²) in [7, 11) is 0. The van der Waals surface area contributed by atoms with Gasteiger partial charge in [0.2, 0.25) is 0 Å². The van der Waals surface area contributed by atoms with Crippen molar-refractivity contribution in [3.05, 3.63) is 65.4 Å². The van der Waals surface area contributed by atoms with E-state index in [9.17, 15) is 9.90 Å². The number of allylic oxidation sites excluding steroid dienone is 1. The highest BCUT2D eigenvalue weighted by atomic mass is 16.5. The first kappa shape index (κ1) is 17.7. The second-order valence-electron chi connectivity index (χ2n) is 7.46. The highest BCUT2D eigenvalue weighted by Gasteiger charge is 2.35. The zero-order chi connectivity index (χ0) is 20.0. The summed E-state index contributed by atoms with van der Waals surface area (Å²) >= 11 is 0. The Morgan fingerprint density at radius 1 is 1.21 bits per heavy atom. The van der Waals surface area contributed by atoms with Crippen LogP contribution in [0.2, 0.25) is 0 Å². The number of aromatic nitrogens is 1. The third kappa shape index (κ3) is 2.85. The molecule has 5 heteroatoms. The third-order valence-electron chi connectivity index (χ3n) is 5.75. The van der Waals surface area contributed by atoms with E-state index in [1.54, 1.807) is 12.3 Å². The van der Waals surface area contributed by atoms with Crippen molar-refractivity contribution in [1.29, 1.82) is 0 Å². The Bertz CT molecular complexity index is 1170. The van der Waals surface area contributed by atoms with E-state index >= 15 is 0 Å². The van der Waals surface area contributed by atoms with Crippen LogP contribution in [0.25, 0.3) is 16.5 Å². The van der Waals surface area contributed by atoms with Gasteiger partial charge in [-0.1, -0.05) is 12.1 Å². The smallest absolute Gasteiger partial charge is 0.161 e. The lowest BCUT2D eigenvalue weighted by atomic mass is 9.77. The van der Waals surface area contributed by atoms with Gasteiger partial charge in [0, 0.05) is 34.8 Å². The Hall–Kier alpha value is -3.34. The molecule has 0 saturated heterocycles. The number of rotatable bonds is 3. The maximum Gasteiger partial charge on any atom is 0.161 e. The number of ether oxygens (including phenoxy) is 1. The third-order valence-corrected chi connectivity index (χ3v) is 5.75. The maximum absolute atomic E-state index is 13.0. The zero-order valence-corrected chi connectivity index (χ0v) is 16.2. The van der Waals surface area contributed by atoms with Gasteiger partial charge in [0.05, 0.1) is 18.2 Å². The summed E-state index contributed by atoms with van der Waals surface area (Å²) in [5.41, 5.74) is 5.89. The zero-order valence-electron chi connectivity index (χ0n) is 16.2. The van der Waals surface area contributed by atoms with Crippen LogP contribution >= 0.6 is 0 Å². The number of pyridine rings is 1. The Kier molecular flexibility index (Phi) is 4.23. The lowest BCUT2D eigenvalue weighted by Gasteiger charge is -2.35. The number of ketones is 1. The molecule has 0 spiro atoms. The molecule has 1 aliphatic heterocycles. The summed E-state index contributed by atoms with van der Waals surface area (Å²) in [6.45, 7) is 2.34. The maximum atomic E-state index is 13.0. The van der Waals surface area contributed by atoms with Gasteiger partial charge >= 0.3 is 0 Å². The van der Waals surface area contributed by atoms with Crippen LogP contribution in [-0.2, 0) is 4.79 Å². The van der Waals surface area contributed by atoms with E-state index in [1.807, 2.05) is 37.3 Å². The molecule has 0 saturated carbocycles. The predicted octanol–water partition coefficient (Wildman–Crippen LogP) is 5.01. The molecule has 29 heavy (non-hydrogen) atoms. The molecule has 2 heterocycles. The first-order valence-electron chi connectivity index (χ1n) is 10.0. The number of phenolic OH excluding ortho intramolecular Hbond substituents is 1. The van der Waals surface area contributed by atoms with Gasteiger partial charge in [0.1, 0.15) is 0 Å². The molecule has 1 aromatic heterocycles. The van der Waals surface area contributed by atoms with Crippen LogP contribution < -0.4 is 10.1 Å². The van der Waals surface area contributed by atoms with Gasteiger partial charge in [0.15, 0.2) is 17.3 Å². The summed E-state index contributed by atoms with van der Waals surface area (Å²) in [6, 6.07) is 13.1. The molecule has 0 bridgehead atoms. The lowest BCUT2D eigenvalue weighted by Crippen LogP contribution is -2.27. The van der Waals surface area contributed by atoms with Crippen molar-refractivity contribution in [2.75, 3.05) is 11.9 Å². The number of anilines is 1. The van der Waals surface area contributed by atoms with E-state index in [1.165, 1.54) is 0 Å². The van der Waals surface area contributed by atoms with Crippen molar-refractivity contribution in [3.8, 4) is 11.5 Å². The molecule has 0 fully saturated rings. The SMILES string of the molecule is CCOc1cc(C2Nc3ccc4ncccc4c3C3=C2C(=O)CCC3)ccc1O. The Morgan fingerprint density at radius 2 is 2.10 bits per heavy atom. The van der Waals surface area contributed by atoms with E-state index < -0.39 is 0 Å². The van der Waals surface area contributed by atoms with Gasteiger partial charge in [-0.15, -0.1) is 0 Å². The van der Waals surface area contributed by atoms with Crippen molar-refractivity contribution in [3.63, 3.8) is 0 Å². The topological polar surface area (TPSA) is 71.5 Å². The second kappa shape index (κ2) is 6.92. The van der Waals surface area contributed by atoms with Crippen molar-refractivity contribution in [1.82, 2.24) is 4.98 Å².